The molecule has 12 heavy (non-hydrogen) atoms. The lowest BCUT2D eigenvalue weighted by Crippen LogP contribution is -2.02. The third kappa shape index (κ3) is 1.77. The van der Waals surface area contributed by atoms with E-state index in [-0.39, 0.29) is 16.3 Å². The monoisotopic (exact) mass is 207 g/mol. The van der Waals surface area contributed by atoms with Crippen molar-refractivity contribution >= 4 is 29.2 Å². The molecule has 4 nitrogen and oxygen atoms in total. The first-order valence-electron chi connectivity index (χ1n) is 3.19. The van der Waals surface area contributed by atoms with Crippen LogP contribution < -0.4 is 5.73 Å². The standard InChI is InChI=1S/C6H7Cl2N3O/c1-2(12)3-4(7)10-6(9)11-5(3)8/h2,12H,1H3,(H2,9,10,11). The van der Waals surface area contributed by atoms with E-state index < -0.39 is 6.10 Å². The Kier molecular flexibility index (Phi) is 2.72. The predicted molar refractivity (Wildman–Crippen MR) is 47.1 cm³/mol. The van der Waals surface area contributed by atoms with Crippen molar-refractivity contribution in [1.82, 2.24) is 9.97 Å². The van der Waals surface area contributed by atoms with E-state index in [0.717, 1.165) is 0 Å². The zero-order valence-electron chi connectivity index (χ0n) is 6.25. The number of hydrogen-bond acceptors (Lipinski definition) is 4. The molecule has 1 aromatic rings. The van der Waals surface area contributed by atoms with Crippen molar-refractivity contribution in [2.75, 3.05) is 5.73 Å². The molecule has 1 atom stereocenters. The summed E-state index contributed by atoms with van der Waals surface area (Å²) in [6, 6.07) is 0. The molecule has 0 bridgehead atoms. The maximum Gasteiger partial charge on any atom is 0.222 e. The van der Waals surface area contributed by atoms with Crippen LogP contribution in [0.25, 0.3) is 0 Å². The lowest BCUT2D eigenvalue weighted by Gasteiger charge is -2.07. The van der Waals surface area contributed by atoms with Crippen LogP contribution in [0.4, 0.5) is 5.95 Å². The van der Waals surface area contributed by atoms with E-state index in [2.05, 4.69) is 9.97 Å². The molecule has 0 amide bonds. The van der Waals surface area contributed by atoms with Gasteiger partial charge in [-0.15, -0.1) is 0 Å². The van der Waals surface area contributed by atoms with Gasteiger partial charge in [0, 0.05) is 0 Å². The van der Waals surface area contributed by atoms with E-state index in [4.69, 9.17) is 28.9 Å². The van der Waals surface area contributed by atoms with Crippen molar-refractivity contribution in [3.8, 4) is 0 Å². The maximum absolute atomic E-state index is 9.19. The fourth-order valence-corrected chi connectivity index (χ4v) is 1.49. The molecule has 0 spiro atoms. The number of aliphatic hydroxyl groups excluding tert-OH is 1. The second kappa shape index (κ2) is 3.43. The molecule has 3 N–H and O–H groups in total. The zero-order valence-corrected chi connectivity index (χ0v) is 7.76. The first kappa shape index (κ1) is 9.51. The summed E-state index contributed by atoms with van der Waals surface area (Å²) in [5, 5.41) is 9.36. The fraction of sp³-hybridized carbons (Fsp3) is 0.333. The Morgan fingerprint density at radius 2 is 1.75 bits per heavy atom. The normalized spacial score (nSPS) is 13.0. The molecule has 6 heteroatoms. The molecular formula is C6H7Cl2N3O. The van der Waals surface area contributed by atoms with Crippen molar-refractivity contribution in [2.24, 2.45) is 0 Å². The molecule has 1 rings (SSSR count). The minimum absolute atomic E-state index is 0.00519. The van der Waals surface area contributed by atoms with Crippen LogP contribution in [0.3, 0.4) is 0 Å². The molecule has 66 valence electrons. The molecule has 0 fully saturated rings. The highest BCUT2D eigenvalue weighted by Gasteiger charge is 2.14. The highest BCUT2D eigenvalue weighted by Crippen LogP contribution is 2.27. The fourth-order valence-electron chi connectivity index (χ4n) is 0.776. The molecule has 0 aliphatic rings. The second-order valence-corrected chi connectivity index (χ2v) is 2.97. The topological polar surface area (TPSA) is 72.0 Å². The van der Waals surface area contributed by atoms with Crippen LogP contribution in [0.2, 0.25) is 10.3 Å². The Balaban J connectivity index is 3.28. The molecule has 0 aromatic carbocycles. The molecule has 1 heterocycles. The van der Waals surface area contributed by atoms with Crippen LogP contribution in [0.5, 0.6) is 0 Å². The Morgan fingerprint density at radius 3 is 2.08 bits per heavy atom. The molecule has 0 aliphatic heterocycles. The van der Waals surface area contributed by atoms with E-state index in [9.17, 15) is 5.11 Å². The van der Waals surface area contributed by atoms with Gasteiger partial charge in [-0.1, -0.05) is 23.2 Å². The van der Waals surface area contributed by atoms with Gasteiger partial charge in [0.2, 0.25) is 5.95 Å². The summed E-state index contributed by atoms with van der Waals surface area (Å²) in [7, 11) is 0. The first-order chi connectivity index (χ1) is 5.52. The van der Waals surface area contributed by atoms with Crippen molar-refractivity contribution in [2.45, 2.75) is 13.0 Å². The number of hydrogen-bond donors (Lipinski definition) is 2. The quantitative estimate of drug-likeness (QED) is 0.684. The summed E-state index contributed by atoms with van der Waals surface area (Å²) in [6.07, 6.45) is -0.800. The van der Waals surface area contributed by atoms with Gasteiger partial charge in [-0.05, 0) is 6.92 Å². The van der Waals surface area contributed by atoms with Crippen LogP contribution >= 0.6 is 23.2 Å². The number of aromatic nitrogens is 2. The van der Waals surface area contributed by atoms with Gasteiger partial charge in [-0.25, -0.2) is 9.97 Å². The van der Waals surface area contributed by atoms with Gasteiger partial charge in [0.05, 0.1) is 11.7 Å². The average molecular weight is 208 g/mol. The highest BCUT2D eigenvalue weighted by molar-refractivity contribution is 6.34. The van der Waals surface area contributed by atoms with Gasteiger partial charge in [0.25, 0.3) is 0 Å². The van der Waals surface area contributed by atoms with Gasteiger partial charge in [-0.2, -0.15) is 0 Å². The van der Waals surface area contributed by atoms with E-state index in [1.807, 2.05) is 0 Å². The first-order valence-corrected chi connectivity index (χ1v) is 3.94. The van der Waals surface area contributed by atoms with Crippen LogP contribution in [0.15, 0.2) is 0 Å². The number of rotatable bonds is 1. The molecule has 0 saturated heterocycles. The van der Waals surface area contributed by atoms with E-state index >= 15 is 0 Å². The number of nitrogens with two attached hydrogens (primary N) is 1. The highest BCUT2D eigenvalue weighted by atomic mass is 35.5. The van der Waals surface area contributed by atoms with Crippen LogP contribution in [-0.4, -0.2) is 15.1 Å². The lowest BCUT2D eigenvalue weighted by molar-refractivity contribution is 0.198. The van der Waals surface area contributed by atoms with Gasteiger partial charge in [0.1, 0.15) is 10.3 Å². The van der Waals surface area contributed by atoms with Crippen LogP contribution in [0.1, 0.15) is 18.6 Å². The minimum atomic E-state index is -0.800. The Hall–Kier alpha value is -0.580. The summed E-state index contributed by atoms with van der Waals surface area (Å²) in [5.41, 5.74) is 5.55. The third-order valence-corrected chi connectivity index (χ3v) is 1.86. The Morgan fingerprint density at radius 1 is 1.33 bits per heavy atom. The zero-order chi connectivity index (χ0) is 9.30. The number of nitrogens with zero attached hydrogens (tertiary/aromatic N) is 2. The summed E-state index contributed by atoms with van der Waals surface area (Å²) in [5.74, 6) is -0.00519. The maximum atomic E-state index is 9.19. The van der Waals surface area contributed by atoms with E-state index in [1.54, 1.807) is 0 Å². The SMILES string of the molecule is CC(O)c1c(Cl)nc(N)nc1Cl. The van der Waals surface area contributed by atoms with Gasteiger partial charge in [0.15, 0.2) is 0 Å². The van der Waals surface area contributed by atoms with Gasteiger partial charge >= 0.3 is 0 Å². The Labute approximate surface area is 79.3 Å². The van der Waals surface area contributed by atoms with Gasteiger partial charge in [-0.3, -0.25) is 0 Å². The van der Waals surface area contributed by atoms with E-state index in [0.29, 0.717) is 5.56 Å². The second-order valence-electron chi connectivity index (χ2n) is 2.25. The largest absolute Gasteiger partial charge is 0.388 e. The van der Waals surface area contributed by atoms with Crippen molar-refractivity contribution in [1.29, 1.82) is 0 Å². The molecule has 0 aliphatic carbocycles. The molecular weight excluding hydrogens is 201 g/mol. The van der Waals surface area contributed by atoms with Crippen molar-refractivity contribution < 1.29 is 5.11 Å². The molecule has 0 saturated carbocycles. The molecule has 1 unspecified atom stereocenters. The van der Waals surface area contributed by atoms with Crippen LogP contribution in [0, 0.1) is 0 Å². The average Bonchev–Trinajstić information content (AvgIpc) is 1.82. The summed E-state index contributed by atoms with van der Waals surface area (Å²) in [4.78, 5) is 7.29. The minimum Gasteiger partial charge on any atom is -0.388 e. The number of anilines is 1. The summed E-state index contributed by atoms with van der Waals surface area (Å²) >= 11 is 11.3. The molecule has 1 aromatic heterocycles. The number of halogens is 2. The number of aliphatic hydroxyl groups is 1. The third-order valence-electron chi connectivity index (χ3n) is 1.29. The number of nitrogen functional groups attached to an aromatic ring is 1. The van der Waals surface area contributed by atoms with Crippen molar-refractivity contribution in [3.63, 3.8) is 0 Å². The van der Waals surface area contributed by atoms with E-state index in [1.165, 1.54) is 6.92 Å². The van der Waals surface area contributed by atoms with Crippen LogP contribution in [-0.2, 0) is 0 Å². The Bertz CT molecular complexity index is 280. The molecule has 0 radical (unpaired) electrons. The smallest absolute Gasteiger partial charge is 0.222 e. The summed E-state index contributed by atoms with van der Waals surface area (Å²) in [6.45, 7) is 1.52. The lowest BCUT2D eigenvalue weighted by atomic mass is 10.2. The van der Waals surface area contributed by atoms with Gasteiger partial charge < -0.3 is 10.8 Å². The predicted octanol–water partition coefficient (Wildman–Crippen LogP) is 1.42. The summed E-state index contributed by atoms with van der Waals surface area (Å²) < 4.78 is 0. The van der Waals surface area contributed by atoms with Crippen molar-refractivity contribution in [3.05, 3.63) is 15.9 Å².